The smallest absolute Gasteiger partial charge is 0.257 e. The van der Waals surface area contributed by atoms with Crippen LogP contribution in [0.15, 0.2) is 18.2 Å². The number of hydrogen-bond donors (Lipinski definition) is 2. The van der Waals surface area contributed by atoms with Crippen LogP contribution in [0.5, 0.6) is 5.75 Å². The highest BCUT2D eigenvalue weighted by Crippen LogP contribution is 2.26. The van der Waals surface area contributed by atoms with Crippen molar-refractivity contribution in [2.45, 2.75) is 19.4 Å². The first-order valence-electron chi connectivity index (χ1n) is 5.51. The van der Waals surface area contributed by atoms with E-state index in [1.165, 1.54) is 0 Å². The summed E-state index contributed by atoms with van der Waals surface area (Å²) in [5.41, 5.74) is 0. The molecular weight excluding hydrogens is 277 g/mol. The fourth-order valence-corrected chi connectivity index (χ4v) is 1.48. The van der Waals surface area contributed by atoms with Crippen LogP contribution in [0.2, 0.25) is 10.0 Å². The molecule has 0 saturated heterocycles. The van der Waals surface area contributed by atoms with Gasteiger partial charge in [-0.05, 0) is 25.5 Å². The predicted octanol–water partition coefficient (Wildman–Crippen LogP) is 2.26. The predicted molar refractivity (Wildman–Crippen MR) is 71.3 cm³/mol. The Morgan fingerprint density at radius 2 is 2.17 bits per heavy atom. The Bertz CT molecular complexity index is 410. The maximum Gasteiger partial charge on any atom is 0.257 e. The number of hydrogen-bond acceptors (Lipinski definition) is 3. The van der Waals surface area contributed by atoms with E-state index in [0.717, 1.165) is 0 Å². The molecule has 0 heterocycles. The highest BCUT2D eigenvalue weighted by molar-refractivity contribution is 6.42. The van der Waals surface area contributed by atoms with Gasteiger partial charge in [0.25, 0.3) is 5.91 Å². The zero-order valence-electron chi connectivity index (χ0n) is 9.95. The van der Waals surface area contributed by atoms with E-state index < -0.39 is 6.10 Å². The number of carbonyl (C=O) groups excluding carboxylic acids is 1. The molecule has 0 spiro atoms. The normalized spacial score (nSPS) is 12.0. The summed E-state index contributed by atoms with van der Waals surface area (Å²) in [7, 11) is 0. The zero-order chi connectivity index (χ0) is 13.5. The largest absolute Gasteiger partial charge is 0.484 e. The van der Waals surface area contributed by atoms with Crippen molar-refractivity contribution in [3.05, 3.63) is 28.2 Å². The van der Waals surface area contributed by atoms with E-state index in [0.29, 0.717) is 28.8 Å². The molecule has 0 aliphatic rings. The lowest BCUT2D eigenvalue weighted by atomic mass is 10.3. The number of halogens is 2. The summed E-state index contributed by atoms with van der Waals surface area (Å²) in [6, 6.07) is 4.79. The van der Waals surface area contributed by atoms with Gasteiger partial charge < -0.3 is 15.2 Å². The van der Waals surface area contributed by atoms with Gasteiger partial charge in [-0.15, -0.1) is 0 Å². The lowest BCUT2D eigenvalue weighted by molar-refractivity contribution is -0.123. The van der Waals surface area contributed by atoms with Crippen molar-refractivity contribution in [3.63, 3.8) is 0 Å². The zero-order valence-corrected chi connectivity index (χ0v) is 11.5. The fraction of sp³-hybridized carbons (Fsp3) is 0.417. The quantitative estimate of drug-likeness (QED) is 0.845. The first-order valence-corrected chi connectivity index (χ1v) is 6.27. The maximum atomic E-state index is 11.4. The molecule has 1 atom stereocenters. The average Bonchev–Trinajstić information content (AvgIpc) is 2.30. The highest BCUT2D eigenvalue weighted by Gasteiger charge is 2.05. The van der Waals surface area contributed by atoms with Crippen molar-refractivity contribution < 1.29 is 14.6 Å². The minimum absolute atomic E-state index is 0.0994. The number of nitrogens with one attached hydrogen (secondary N) is 1. The Morgan fingerprint density at radius 1 is 1.44 bits per heavy atom. The molecule has 1 aromatic rings. The van der Waals surface area contributed by atoms with Crippen LogP contribution in [0.25, 0.3) is 0 Å². The van der Waals surface area contributed by atoms with Crippen LogP contribution in [-0.4, -0.2) is 30.3 Å². The molecule has 0 saturated carbocycles. The monoisotopic (exact) mass is 291 g/mol. The summed E-state index contributed by atoms with van der Waals surface area (Å²) in [6.45, 7) is 1.98. The second-order valence-corrected chi connectivity index (χ2v) is 4.67. The van der Waals surface area contributed by atoms with Crippen LogP contribution in [-0.2, 0) is 4.79 Å². The van der Waals surface area contributed by atoms with Gasteiger partial charge in [-0.3, -0.25) is 4.79 Å². The summed E-state index contributed by atoms with van der Waals surface area (Å²) in [4.78, 5) is 11.4. The van der Waals surface area contributed by atoms with E-state index in [-0.39, 0.29) is 12.5 Å². The van der Waals surface area contributed by atoms with E-state index in [1.54, 1.807) is 25.1 Å². The van der Waals surface area contributed by atoms with E-state index in [9.17, 15) is 4.79 Å². The molecule has 0 aliphatic heterocycles. The van der Waals surface area contributed by atoms with Crippen molar-refractivity contribution in [3.8, 4) is 5.75 Å². The van der Waals surface area contributed by atoms with E-state index in [2.05, 4.69) is 5.32 Å². The number of ether oxygens (including phenoxy) is 1. The number of benzene rings is 1. The van der Waals surface area contributed by atoms with Crippen LogP contribution >= 0.6 is 23.2 Å². The molecule has 0 radical (unpaired) electrons. The molecule has 1 amide bonds. The third-order valence-electron chi connectivity index (χ3n) is 2.15. The van der Waals surface area contributed by atoms with Crippen LogP contribution in [0, 0.1) is 0 Å². The van der Waals surface area contributed by atoms with Gasteiger partial charge in [-0.25, -0.2) is 0 Å². The van der Waals surface area contributed by atoms with Gasteiger partial charge in [-0.2, -0.15) is 0 Å². The van der Waals surface area contributed by atoms with Crippen LogP contribution < -0.4 is 10.1 Å². The van der Waals surface area contributed by atoms with Crippen molar-refractivity contribution in [1.82, 2.24) is 5.32 Å². The first kappa shape index (κ1) is 15.1. The van der Waals surface area contributed by atoms with Crippen LogP contribution in [0.3, 0.4) is 0 Å². The Kier molecular flexibility index (Phi) is 6.25. The molecule has 18 heavy (non-hydrogen) atoms. The summed E-state index contributed by atoms with van der Waals surface area (Å²) < 4.78 is 5.24. The molecule has 2 N–H and O–H groups in total. The third kappa shape index (κ3) is 5.58. The first-order chi connectivity index (χ1) is 8.49. The molecule has 1 aromatic carbocycles. The lowest BCUT2D eigenvalue weighted by Crippen LogP contribution is -2.31. The molecule has 100 valence electrons. The summed E-state index contributed by atoms with van der Waals surface area (Å²) in [5.74, 6) is 0.233. The van der Waals surface area contributed by atoms with Crippen molar-refractivity contribution >= 4 is 29.1 Å². The van der Waals surface area contributed by atoms with Gasteiger partial charge in [0.2, 0.25) is 0 Å². The second-order valence-electron chi connectivity index (χ2n) is 3.85. The fourth-order valence-electron chi connectivity index (χ4n) is 1.19. The SMILES string of the molecule is CC(O)CCNC(=O)COc1ccc(Cl)c(Cl)c1. The Hall–Kier alpha value is -0.970. The minimum atomic E-state index is -0.429. The van der Waals surface area contributed by atoms with Crippen LogP contribution in [0.1, 0.15) is 13.3 Å². The van der Waals surface area contributed by atoms with Gasteiger partial charge in [0, 0.05) is 12.6 Å². The number of aliphatic hydroxyl groups is 1. The number of aliphatic hydroxyl groups excluding tert-OH is 1. The molecule has 4 nitrogen and oxygen atoms in total. The van der Waals surface area contributed by atoms with Crippen LogP contribution in [0.4, 0.5) is 0 Å². The van der Waals surface area contributed by atoms with Gasteiger partial charge in [0.05, 0.1) is 16.1 Å². The topological polar surface area (TPSA) is 58.6 Å². The molecule has 0 bridgehead atoms. The van der Waals surface area contributed by atoms with E-state index in [4.69, 9.17) is 33.0 Å². The molecule has 1 rings (SSSR count). The summed E-state index contributed by atoms with van der Waals surface area (Å²) in [6.07, 6.45) is 0.0831. The van der Waals surface area contributed by atoms with E-state index in [1.807, 2.05) is 0 Å². The molecule has 0 aliphatic carbocycles. The lowest BCUT2D eigenvalue weighted by Gasteiger charge is -2.09. The molecule has 6 heteroatoms. The van der Waals surface area contributed by atoms with E-state index >= 15 is 0 Å². The molecule has 1 unspecified atom stereocenters. The van der Waals surface area contributed by atoms with Crippen molar-refractivity contribution in [2.75, 3.05) is 13.2 Å². The number of rotatable bonds is 6. The average molecular weight is 292 g/mol. The van der Waals surface area contributed by atoms with Crippen molar-refractivity contribution in [2.24, 2.45) is 0 Å². The maximum absolute atomic E-state index is 11.4. The molecular formula is C12H15Cl2NO3. The number of amides is 1. The second kappa shape index (κ2) is 7.46. The number of carbonyl (C=O) groups is 1. The van der Waals surface area contributed by atoms with Crippen molar-refractivity contribution in [1.29, 1.82) is 0 Å². The standard InChI is InChI=1S/C12H15Cl2NO3/c1-8(16)4-5-15-12(17)7-18-9-2-3-10(13)11(14)6-9/h2-3,6,8,16H,4-5,7H2,1H3,(H,15,17). The Balaban J connectivity index is 2.31. The van der Waals surface area contributed by atoms with Gasteiger partial charge >= 0.3 is 0 Å². The van der Waals surface area contributed by atoms with Gasteiger partial charge in [-0.1, -0.05) is 23.2 Å². The van der Waals surface area contributed by atoms with Gasteiger partial charge in [0.1, 0.15) is 5.75 Å². The Labute approximate surface area is 116 Å². The summed E-state index contributed by atoms with van der Waals surface area (Å²) >= 11 is 11.6. The molecule has 0 aromatic heterocycles. The highest BCUT2D eigenvalue weighted by atomic mass is 35.5. The third-order valence-corrected chi connectivity index (χ3v) is 2.88. The Morgan fingerprint density at radius 3 is 2.78 bits per heavy atom. The molecule has 0 fully saturated rings. The minimum Gasteiger partial charge on any atom is -0.484 e. The van der Waals surface area contributed by atoms with Gasteiger partial charge in [0.15, 0.2) is 6.61 Å². The summed E-state index contributed by atoms with van der Waals surface area (Å²) in [5, 5.41) is 12.5.